The average molecular weight is 280 g/mol. The van der Waals surface area contributed by atoms with Gasteiger partial charge in [0.05, 0.1) is 0 Å². The SMILES string of the molecule is C[C@@H](NCc1cc(Cl)ccc1O)c1ccc(F)cc1. The normalized spacial score (nSPS) is 12.4. The Kier molecular flexibility index (Phi) is 4.40. The van der Waals surface area contributed by atoms with Crippen molar-refractivity contribution >= 4 is 11.6 Å². The monoisotopic (exact) mass is 279 g/mol. The van der Waals surface area contributed by atoms with E-state index in [0.29, 0.717) is 11.6 Å². The van der Waals surface area contributed by atoms with E-state index < -0.39 is 0 Å². The minimum absolute atomic E-state index is 0.0546. The second kappa shape index (κ2) is 6.04. The molecule has 0 fully saturated rings. The Morgan fingerprint density at radius 3 is 2.58 bits per heavy atom. The number of aromatic hydroxyl groups is 1. The molecule has 0 aliphatic heterocycles. The summed E-state index contributed by atoms with van der Waals surface area (Å²) < 4.78 is 12.8. The van der Waals surface area contributed by atoms with Gasteiger partial charge in [0.25, 0.3) is 0 Å². The largest absolute Gasteiger partial charge is 0.508 e. The van der Waals surface area contributed by atoms with E-state index in [9.17, 15) is 9.50 Å². The Bertz CT molecular complexity index is 557. The van der Waals surface area contributed by atoms with Crippen LogP contribution < -0.4 is 5.32 Å². The van der Waals surface area contributed by atoms with Crippen LogP contribution >= 0.6 is 11.6 Å². The second-order valence-corrected chi connectivity index (χ2v) is 4.86. The van der Waals surface area contributed by atoms with Gasteiger partial charge >= 0.3 is 0 Å². The van der Waals surface area contributed by atoms with Gasteiger partial charge in [0.1, 0.15) is 11.6 Å². The number of phenols is 1. The van der Waals surface area contributed by atoms with Crippen molar-refractivity contribution < 1.29 is 9.50 Å². The molecule has 100 valence electrons. The topological polar surface area (TPSA) is 32.3 Å². The van der Waals surface area contributed by atoms with Crippen LogP contribution in [0.3, 0.4) is 0 Å². The second-order valence-electron chi connectivity index (χ2n) is 4.43. The quantitative estimate of drug-likeness (QED) is 0.885. The molecule has 0 radical (unpaired) electrons. The first-order valence-corrected chi connectivity index (χ1v) is 6.40. The average Bonchev–Trinajstić information content (AvgIpc) is 2.40. The molecule has 19 heavy (non-hydrogen) atoms. The highest BCUT2D eigenvalue weighted by molar-refractivity contribution is 6.30. The van der Waals surface area contributed by atoms with Crippen LogP contribution in [0.2, 0.25) is 5.02 Å². The maximum Gasteiger partial charge on any atom is 0.123 e. The number of hydrogen-bond acceptors (Lipinski definition) is 2. The fourth-order valence-electron chi connectivity index (χ4n) is 1.83. The van der Waals surface area contributed by atoms with Gasteiger partial charge in [0.15, 0.2) is 0 Å². The van der Waals surface area contributed by atoms with Crippen molar-refractivity contribution in [3.63, 3.8) is 0 Å². The Morgan fingerprint density at radius 2 is 1.89 bits per heavy atom. The molecule has 1 atom stereocenters. The van der Waals surface area contributed by atoms with Crippen LogP contribution in [-0.2, 0) is 6.54 Å². The zero-order valence-electron chi connectivity index (χ0n) is 10.5. The Morgan fingerprint density at radius 1 is 1.21 bits per heavy atom. The number of rotatable bonds is 4. The van der Waals surface area contributed by atoms with E-state index in [1.165, 1.54) is 12.1 Å². The van der Waals surface area contributed by atoms with Crippen LogP contribution in [-0.4, -0.2) is 5.11 Å². The van der Waals surface area contributed by atoms with Gasteiger partial charge < -0.3 is 10.4 Å². The lowest BCUT2D eigenvalue weighted by molar-refractivity contribution is 0.460. The molecule has 2 nitrogen and oxygen atoms in total. The van der Waals surface area contributed by atoms with Crippen LogP contribution in [0.25, 0.3) is 0 Å². The predicted molar refractivity (Wildman–Crippen MR) is 74.8 cm³/mol. The number of benzene rings is 2. The number of hydrogen-bond donors (Lipinski definition) is 2. The molecule has 0 saturated heterocycles. The molecule has 0 saturated carbocycles. The fourth-order valence-corrected chi connectivity index (χ4v) is 2.02. The molecule has 4 heteroatoms. The lowest BCUT2D eigenvalue weighted by Crippen LogP contribution is -2.18. The third-order valence-corrected chi connectivity index (χ3v) is 3.25. The van der Waals surface area contributed by atoms with Crippen molar-refractivity contribution in [1.82, 2.24) is 5.32 Å². The van der Waals surface area contributed by atoms with Gasteiger partial charge in [-0.2, -0.15) is 0 Å². The Balaban J connectivity index is 2.02. The van der Waals surface area contributed by atoms with Gasteiger partial charge in [0.2, 0.25) is 0 Å². The van der Waals surface area contributed by atoms with Crippen molar-refractivity contribution in [2.75, 3.05) is 0 Å². The van der Waals surface area contributed by atoms with Crippen molar-refractivity contribution in [1.29, 1.82) is 0 Å². The molecule has 0 aliphatic rings. The first kappa shape index (κ1) is 13.8. The molecule has 2 N–H and O–H groups in total. The molecule has 2 rings (SSSR count). The third-order valence-electron chi connectivity index (χ3n) is 3.01. The minimum Gasteiger partial charge on any atom is -0.508 e. The van der Waals surface area contributed by atoms with Crippen molar-refractivity contribution in [3.05, 3.63) is 64.4 Å². The lowest BCUT2D eigenvalue weighted by Gasteiger charge is -2.15. The maximum atomic E-state index is 12.8. The predicted octanol–water partition coefficient (Wildman–Crippen LogP) is 4.04. The zero-order chi connectivity index (χ0) is 13.8. The van der Waals surface area contributed by atoms with Gasteiger partial charge in [0, 0.05) is 23.2 Å². The Labute approximate surface area is 116 Å². The van der Waals surface area contributed by atoms with Gasteiger partial charge in [-0.3, -0.25) is 0 Å². The third kappa shape index (κ3) is 3.69. The molecule has 0 amide bonds. The van der Waals surface area contributed by atoms with Crippen molar-refractivity contribution in [2.24, 2.45) is 0 Å². The summed E-state index contributed by atoms with van der Waals surface area (Å²) in [5, 5.41) is 13.6. The first-order valence-electron chi connectivity index (χ1n) is 6.02. The summed E-state index contributed by atoms with van der Waals surface area (Å²) in [5.41, 5.74) is 1.73. The van der Waals surface area contributed by atoms with E-state index in [-0.39, 0.29) is 17.6 Å². The van der Waals surface area contributed by atoms with E-state index in [1.54, 1.807) is 30.3 Å². The molecular weight excluding hydrogens is 265 g/mol. The van der Waals surface area contributed by atoms with Gasteiger partial charge in [-0.15, -0.1) is 0 Å². The summed E-state index contributed by atoms with van der Waals surface area (Å²) in [6.07, 6.45) is 0. The summed E-state index contributed by atoms with van der Waals surface area (Å²) >= 11 is 5.89. The van der Waals surface area contributed by atoms with Crippen molar-refractivity contribution in [3.8, 4) is 5.75 Å². The van der Waals surface area contributed by atoms with Crippen molar-refractivity contribution in [2.45, 2.75) is 19.5 Å². The molecular formula is C15H15ClFNO. The van der Waals surface area contributed by atoms with E-state index in [2.05, 4.69) is 5.32 Å². The smallest absolute Gasteiger partial charge is 0.123 e. The maximum absolute atomic E-state index is 12.8. The van der Waals surface area contributed by atoms with Crippen LogP contribution in [0.5, 0.6) is 5.75 Å². The van der Waals surface area contributed by atoms with E-state index in [4.69, 9.17) is 11.6 Å². The summed E-state index contributed by atoms with van der Waals surface area (Å²) in [7, 11) is 0. The number of halogens is 2. The summed E-state index contributed by atoms with van der Waals surface area (Å²) in [6, 6.07) is 11.3. The first-order chi connectivity index (χ1) is 9.06. The van der Waals surface area contributed by atoms with E-state index >= 15 is 0 Å². The molecule has 2 aromatic rings. The molecule has 0 bridgehead atoms. The van der Waals surface area contributed by atoms with Gasteiger partial charge in [-0.25, -0.2) is 4.39 Å². The van der Waals surface area contributed by atoms with Crippen LogP contribution in [0.15, 0.2) is 42.5 Å². The van der Waals surface area contributed by atoms with Crippen LogP contribution in [0.1, 0.15) is 24.1 Å². The molecule has 0 aromatic heterocycles. The highest BCUT2D eigenvalue weighted by Gasteiger charge is 2.07. The number of nitrogens with one attached hydrogen (secondary N) is 1. The van der Waals surface area contributed by atoms with Gasteiger partial charge in [-0.05, 0) is 42.8 Å². The molecule has 0 unspecified atom stereocenters. The Hall–Kier alpha value is -1.58. The molecule has 0 spiro atoms. The highest BCUT2D eigenvalue weighted by atomic mass is 35.5. The molecule has 0 heterocycles. The summed E-state index contributed by atoms with van der Waals surface area (Å²) in [5.74, 6) is -0.0355. The zero-order valence-corrected chi connectivity index (χ0v) is 11.3. The molecule has 0 aliphatic carbocycles. The summed E-state index contributed by atoms with van der Waals surface area (Å²) in [6.45, 7) is 2.47. The van der Waals surface area contributed by atoms with Crippen LogP contribution in [0.4, 0.5) is 4.39 Å². The minimum atomic E-state index is -0.247. The van der Waals surface area contributed by atoms with Crippen LogP contribution in [0, 0.1) is 5.82 Å². The highest BCUT2D eigenvalue weighted by Crippen LogP contribution is 2.22. The standard InChI is InChI=1S/C15H15ClFNO/c1-10(11-2-5-14(17)6-3-11)18-9-12-8-13(16)4-7-15(12)19/h2-8,10,18-19H,9H2,1H3/t10-/m1/s1. The van der Waals surface area contributed by atoms with E-state index in [1.807, 2.05) is 6.92 Å². The summed E-state index contributed by atoms with van der Waals surface area (Å²) in [4.78, 5) is 0. The van der Waals surface area contributed by atoms with Gasteiger partial charge in [-0.1, -0.05) is 23.7 Å². The lowest BCUT2D eigenvalue weighted by atomic mass is 10.1. The fraction of sp³-hybridized carbons (Fsp3) is 0.200. The molecule has 2 aromatic carbocycles. The number of phenolic OH excluding ortho intramolecular Hbond substituents is 1. The van der Waals surface area contributed by atoms with E-state index in [0.717, 1.165) is 11.1 Å².